The van der Waals surface area contributed by atoms with Crippen molar-refractivity contribution in [1.82, 2.24) is 5.32 Å². The lowest BCUT2D eigenvalue weighted by Crippen LogP contribution is -2.35. The van der Waals surface area contributed by atoms with Crippen LogP contribution in [0.15, 0.2) is 48.5 Å². The summed E-state index contributed by atoms with van der Waals surface area (Å²) in [6.45, 7) is 2.75. The minimum absolute atomic E-state index is 0.111. The first-order valence-electron chi connectivity index (χ1n) is 7.87. The van der Waals surface area contributed by atoms with E-state index in [1.807, 2.05) is 18.2 Å². The van der Waals surface area contributed by atoms with Crippen molar-refractivity contribution in [3.8, 4) is 5.75 Å². The monoisotopic (exact) mass is 310 g/mol. The van der Waals surface area contributed by atoms with Gasteiger partial charge < -0.3 is 15.4 Å². The summed E-state index contributed by atoms with van der Waals surface area (Å²) in [5.74, 6) is 0.723. The van der Waals surface area contributed by atoms with Gasteiger partial charge in [-0.1, -0.05) is 35.9 Å². The number of rotatable bonds is 5. The summed E-state index contributed by atoms with van der Waals surface area (Å²) in [5, 5.41) is 5.84. The highest BCUT2D eigenvalue weighted by Crippen LogP contribution is 2.47. The molecule has 0 heterocycles. The van der Waals surface area contributed by atoms with Crippen molar-refractivity contribution in [1.29, 1.82) is 0 Å². The zero-order valence-corrected chi connectivity index (χ0v) is 13.6. The molecule has 120 valence electrons. The average molecular weight is 310 g/mol. The van der Waals surface area contributed by atoms with Gasteiger partial charge in [-0.25, -0.2) is 4.79 Å². The molecular formula is C19H22N2O2. The SMILES string of the molecule is COc1cccc(NC(=O)NCC2(c3ccc(C)cc3)CC2)c1. The molecule has 1 aliphatic rings. The lowest BCUT2D eigenvalue weighted by molar-refractivity contribution is 0.251. The number of urea groups is 1. The largest absolute Gasteiger partial charge is 0.497 e. The van der Waals surface area contributed by atoms with Crippen LogP contribution in [0, 0.1) is 6.92 Å². The van der Waals surface area contributed by atoms with E-state index < -0.39 is 0 Å². The highest BCUT2D eigenvalue weighted by molar-refractivity contribution is 5.89. The molecule has 4 heteroatoms. The zero-order valence-electron chi connectivity index (χ0n) is 13.6. The molecular weight excluding hydrogens is 288 g/mol. The number of nitrogens with one attached hydrogen (secondary N) is 2. The van der Waals surface area contributed by atoms with E-state index in [1.54, 1.807) is 13.2 Å². The number of aryl methyl sites for hydroxylation is 1. The Hall–Kier alpha value is -2.49. The number of ether oxygens (including phenoxy) is 1. The number of carbonyl (C=O) groups excluding carboxylic acids is 1. The fourth-order valence-corrected chi connectivity index (χ4v) is 2.75. The predicted molar refractivity (Wildman–Crippen MR) is 92.1 cm³/mol. The lowest BCUT2D eigenvalue weighted by atomic mass is 9.95. The number of amides is 2. The first-order chi connectivity index (χ1) is 11.1. The molecule has 1 saturated carbocycles. The molecule has 4 nitrogen and oxygen atoms in total. The van der Waals surface area contributed by atoms with Gasteiger partial charge >= 0.3 is 6.03 Å². The predicted octanol–water partition coefficient (Wildman–Crippen LogP) is 3.86. The summed E-state index contributed by atoms with van der Waals surface area (Å²) in [6.07, 6.45) is 2.24. The van der Waals surface area contributed by atoms with Crippen molar-refractivity contribution >= 4 is 11.7 Å². The van der Waals surface area contributed by atoms with E-state index in [4.69, 9.17) is 4.74 Å². The molecule has 2 N–H and O–H groups in total. The van der Waals surface area contributed by atoms with Crippen LogP contribution >= 0.6 is 0 Å². The fourth-order valence-electron chi connectivity index (χ4n) is 2.75. The van der Waals surface area contributed by atoms with Crippen LogP contribution < -0.4 is 15.4 Å². The maximum Gasteiger partial charge on any atom is 0.319 e. The lowest BCUT2D eigenvalue weighted by Gasteiger charge is -2.17. The van der Waals surface area contributed by atoms with E-state index in [0.29, 0.717) is 6.54 Å². The van der Waals surface area contributed by atoms with Crippen molar-refractivity contribution in [2.24, 2.45) is 0 Å². The van der Waals surface area contributed by atoms with E-state index in [0.717, 1.165) is 24.3 Å². The Morgan fingerprint density at radius 1 is 1.17 bits per heavy atom. The third-order valence-corrected chi connectivity index (χ3v) is 4.43. The first-order valence-corrected chi connectivity index (χ1v) is 7.87. The molecule has 2 amide bonds. The molecule has 0 radical (unpaired) electrons. The molecule has 0 unspecified atom stereocenters. The summed E-state index contributed by atoms with van der Waals surface area (Å²) >= 11 is 0. The van der Waals surface area contributed by atoms with Gasteiger partial charge in [-0.15, -0.1) is 0 Å². The van der Waals surface area contributed by atoms with E-state index in [9.17, 15) is 4.79 Å². The molecule has 0 aromatic heterocycles. The molecule has 1 aliphatic carbocycles. The molecule has 2 aromatic rings. The van der Waals surface area contributed by atoms with Crippen LogP contribution in [0.1, 0.15) is 24.0 Å². The first kappa shape index (κ1) is 15.4. The van der Waals surface area contributed by atoms with Crippen molar-refractivity contribution in [2.45, 2.75) is 25.2 Å². The third kappa shape index (κ3) is 3.65. The van der Waals surface area contributed by atoms with Crippen LogP contribution in [0.2, 0.25) is 0 Å². The van der Waals surface area contributed by atoms with E-state index in [-0.39, 0.29) is 11.4 Å². The molecule has 0 aliphatic heterocycles. The van der Waals surface area contributed by atoms with Gasteiger partial charge in [0.2, 0.25) is 0 Å². The van der Waals surface area contributed by atoms with Crippen LogP contribution in [0.5, 0.6) is 5.75 Å². The summed E-state index contributed by atoms with van der Waals surface area (Å²) < 4.78 is 5.16. The molecule has 23 heavy (non-hydrogen) atoms. The minimum atomic E-state index is -0.184. The fraction of sp³-hybridized carbons (Fsp3) is 0.316. The second kappa shape index (κ2) is 6.32. The van der Waals surface area contributed by atoms with Gasteiger partial charge in [0.05, 0.1) is 7.11 Å². The highest BCUT2D eigenvalue weighted by Gasteiger charge is 2.44. The molecule has 2 aromatic carbocycles. The Labute approximate surface area is 136 Å². The van der Waals surface area contributed by atoms with Crippen LogP contribution in [0.4, 0.5) is 10.5 Å². The number of hydrogen-bond donors (Lipinski definition) is 2. The standard InChI is InChI=1S/C19H22N2O2/c1-14-6-8-15(9-7-14)19(10-11-19)13-20-18(22)21-16-4-3-5-17(12-16)23-2/h3-9,12H,10-11,13H2,1-2H3,(H2,20,21,22). The van der Waals surface area contributed by atoms with Gasteiger partial charge in [-0.3, -0.25) is 0 Å². The maximum absolute atomic E-state index is 12.1. The normalized spacial score (nSPS) is 14.9. The number of anilines is 1. The topological polar surface area (TPSA) is 50.4 Å². The highest BCUT2D eigenvalue weighted by atomic mass is 16.5. The molecule has 0 bridgehead atoms. The van der Waals surface area contributed by atoms with Gasteiger partial charge in [0.1, 0.15) is 5.75 Å². The third-order valence-electron chi connectivity index (χ3n) is 4.43. The average Bonchev–Trinajstić information content (AvgIpc) is 3.35. The Morgan fingerprint density at radius 2 is 1.91 bits per heavy atom. The van der Waals surface area contributed by atoms with Crippen molar-refractivity contribution in [2.75, 3.05) is 19.0 Å². The maximum atomic E-state index is 12.1. The Bertz CT molecular complexity index is 691. The van der Waals surface area contributed by atoms with Gasteiger partial charge in [0.25, 0.3) is 0 Å². The van der Waals surface area contributed by atoms with Crippen molar-refractivity contribution < 1.29 is 9.53 Å². The molecule has 3 rings (SSSR count). The second-order valence-corrected chi connectivity index (χ2v) is 6.19. The van der Waals surface area contributed by atoms with Crippen LogP contribution in [0.3, 0.4) is 0 Å². The summed E-state index contributed by atoms with van der Waals surface area (Å²) in [6, 6.07) is 15.8. The van der Waals surface area contributed by atoms with Crippen molar-refractivity contribution in [3.05, 3.63) is 59.7 Å². The molecule has 0 spiro atoms. The molecule has 1 fully saturated rings. The second-order valence-electron chi connectivity index (χ2n) is 6.19. The Morgan fingerprint density at radius 3 is 2.57 bits per heavy atom. The van der Waals surface area contributed by atoms with Gasteiger partial charge in [-0.2, -0.15) is 0 Å². The van der Waals surface area contributed by atoms with Crippen LogP contribution in [-0.2, 0) is 5.41 Å². The quantitative estimate of drug-likeness (QED) is 0.881. The summed E-state index contributed by atoms with van der Waals surface area (Å²) in [4.78, 5) is 12.1. The Balaban J connectivity index is 1.57. The van der Waals surface area contributed by atoms with E-state index in [2.05, 4.69) is 41.8 Å². The molecule has 0 saturated heterocycles. The minimum Gasteiger partial charge on any atom is -0.497 e. The summed E-state index contributed by atoms with van der Waals surface area (Å²) in [7, 11) is 1.61. The molecule has 0 atom stereocenters. The number of benzene rings is 2. The van der Waals surface area contributed by atoms with E-state index in [1.165, 1.54) is 11.1 Å². The number of hydrogen-bond acceptors (Lipinski definition) is 2. The van der Waals surface area contributed by atoms with E-state index >= 15 is 0 Å². The Kier molecular flexibility index (Phi) is 4.24. The summed E-state index contributed by atoms with van der Waals surface area (Å²) in [5.41, 5.74) is 3.40. The van der Waals surface area contributed by atoms with Gasteiger partial charge in [0.15, 0.2) is 0 Å². The number of carbonyl (C=O) groups is 1. The smallest absolute Gasteiger partial charge is 0.319 e. The van der Waals surface area contributed by atoms with Crippen molar-refractivity contribution in [3.63, 3.8) is 0 Å². The van der Waals surface area contributed by atoms with Gasteiger partial charge in [-0.05, 0) is 37.5 Å². The van der Waals surface area contributed by atoms with Crippen LogP contribution in [-0.4, -0.2) is 19.7 Å². The van der Waals surface area contributed by atoms with Gasteiger partial charge in [0, 0.05) is 23.7 Å². The zero-order chi connectivity index (χ0) is 16.3. The number of methoxy groups -OCH3 is 1. The van der Waals surface area contributed by atoms with Crippen LogP contribution in [0.25, 0.3) is 0 Å².